The van der Waals surface area contributed by atoms with Gasteiger partial charge in [-0.25, -0.2) is 13.8 Å². The lowest BCUT2D eigenvalue weighted by Gasteiger charge is -2.35. The van der Waals surface area contributed by atoms with E-state index in [2.05, 4.69) is 31.2 Å². The van der Waals surface area contributed by atoms with E-state index < -0.39 is 18.0 Å². The van der Waals surface area contributed by atoms with Crippen LogP contribution in [0.5, 0.6) is 0 Å². The third-order valence-electron chi connectivity index (χ3n) is 4.90. The first kappa shape index (κ1) is 17.0. The maximum absolute atomic E-state index is 14.5. The van der Waals surface area contributed by atoms with E-state index in [0.717, 1.165) is 5.69 Å². The van der Waals surface area contributed by atoms with Crippen molar-refractivity contribution in [2.24, 2.45) is 16.6 Å². The number of benzene rings is 1. The zero-order valence-corrected chi connectivity index (χ0v) is 15.8. The zero-order chi connectivity index (χ0) is 17.8. The summed E-state index contributed by atoms with van der Waals surface area (Å²) in [7, 11) is 0. The van der Waals surface area contributed by atoms with E-state index >= 15 is 0 Å². The van der Waals surface area contributed by atoms with E-state index in [1.54, 1.807) is 16.8 Å². The van der Waals surface area contributed by atoms with Crippen molar-refractivity contribution in [3.63, 3.8) is 0 Å². The molecule has 3 atom stereocenters. The number of hydrogen-bond acceptors (Lipinski definition) is 5. The number of aliphatic imine (C=N–C) groups is 1. The Balaban J connectivity index is 1.76. The molecule has 0 bridgehead atoms. The lowest BCUT2D eigenvalue weighted by Crippen LogP contribution is -2.41. The van der Waals surface area contributed by atoms with Crippen LogP contribution in [0.4, 0.5) is 8.78 Å². The molecule has 1 aliphatic carbocycles. The van der Waals surface area contributed by atoms with Crippen LogP contribution < -0.4 is 5.73 Å². The highest BCUT2D eigenvalue weighted by Gasteiger charge is 2.68. The summed E-state index contributed by atoms with van der Waals surface area (Å²) in [5.41, 5.74) is 5.80. The molecule has 0 spiro atoms. The molecule has 0 radical (unpaired) electrons. The Morgan fingerprint density at radius 1 is 1.48 bits per heavy atom. The Hall–Kier alpha value is -1.48. The van der Waals surface area contributed by atoms with Gasteiger partial charge in [0.25, 0.3) is 0 Å². The maximum Gasteiger partial charge on any atom is 0.155 e. The van der Waals surface area contributed by atoms with Gasteiger partial charge >= 0.3 is 0 Å². The molecule has 1 aliphatic heterocycles. The first-order valence-electron chi connectivity index (χ1n) is 7.81. The number of aromatic nitrogens is 3. The first-order chi connectivity index (χ1) is 11.9. The van der Waals surface area contributed by atoms with E-state index in [9.17, 15) is 8.78 Å². The summed E-state index contributed by atoms with van der Waals surface area (Å²) >= 11 is 4.77. The molecule has 0 amide bonds. The summed E-state index contributed by atoms with van der Waals surface area (Å²) in [5, 5.41) is 8.36. The smallest absolute Gasteiger partial charge is 0.155 e. The third kappa shape index (κ3) is 2.68. The molecule has 2 aliphatic rings. The number of halogens is 3. The molecule has 25 heavy (non-hydrogen) atoms. The fourth-order valence-corrected chi connectivity index (χ4v) is 5.51. The molecule has 132 valence electrons. The fraction of sp³-hybridized carbons (Fsp3) is 0.438. The Morgan fingerprint density at radius 2 is 2.28 bits per heavy atom. The predicted molar refractivity (Wildman–Crippen MR) is 96.6 cm³/mol. The van der Waals surface area contributed by atoms with Crippen LogP contribution in [0.2, 0.25) is 0 Å². The molecule has 0 unspecified atom stereocenters. The quantitative estimate of drug-likeness (QED) is 0.813. The van der Waals surface area contributed by atoms with Gasteiger partial charge in [-0.2, -0.15) is 0 Å². The molecule has 2 heterocycles. The topological polar surface area (TPSA) is 69.1 Å². The first-order valence-corrected chi connectivity index (χ1v) is 9.42. The van der Waals surface area contributed by atoms with Crippen molar-refractivity contribution in [1.29, 1.82) is 0 Å². The Morgan fingerprint density at radius 3 is 2.96 bits per heavy atom. The average Bonchev–Trinajstić information content (AvgIpc) is 3.14. The SMILES string of the molecule is Cc1cn(C[C@]23C[C@H]2[C@@](CF)(c2cc(Br)ccc2F)N=C(N)S3)nn1. The third-order valence-corrected chi connectivity index (χ3v) is 6.68. The van der Waals surface area contributed by atoms with E-state index in [0.29, 0.717) is 17.4 Å². The Bertz CT molecular complexity index is 872. The van der Waals surface area contributed by atoms with Gasteiger partial charge in [-0.05, 0) is 31.5 Å². The maximum atomic E-state index is 14.5. The fourth-order valence-electron chi connectivity index (χ4n) is 3.74. The molecule has 1 fully saturated rings. The average molecular weight is 428 g/mol. The molecule has 2 N–H and O–H groups in total. The standard InChI is InChI=1S/C16H16BrF2N5S/c1-9-6-24(23-22-9)8-15-5-13(15)16(7-18,21-14(20)25-15)11-4-10(17)2-3-12(11)19/h2-4,6,13H,5,7-8H2,1H3,(H2,20,21)/t13-,15-,16-/m1/s1. The number of aryl methyl sites for hydroxylation is 1. The van der Waals surface area contributed by atoms with Crippen molar-refractivity contribution >= 4 is 32.9 Å². The van der Waals surface area contributed by atoms with Crippen LogP contribution in [0.15, 0.2) is 33.9 Å². The van der Waals surface area contributed by atoms with E-state index in [-0.39, 0.29) is 21.4 Å². The van der Waals surface area contributed by atoms with Crippen LogP contribution in [0.3, 0.4) is 0 Å². The van der Waals surface area contributed by atoms with Gasteiger partial charge in [0.05, 0.1) is 12.2 Å². The van der Waals surface area contributed by atoms with Gasteiger partial charge in [-0.15, -0.1) is 5.10 Å². The monoisotopic (exact) mass is 427 g/mol. The van der Waals surface area contributed by atoms with Crippen LogP contribution >= 0.6 is 27.7 Å². The number of fused-ring (bicyclic) bond motifs is 1. The number of thioether (sulfide) groups is 1. The molecule has 1 aromatic carbocycles. The van der Waals surface area contributed by atoms with Crippen LogP contribution in [0, 0.1) is 18.7 Å². The van der Waals surface area contributed by atoms with Crippen LogP contribution in [-0.4, -0.2) is 31.6 Å². The van der Waals surface area contributed by atoms with Crippen LogP contribution in [0.25, 0.3) is 0 Å². The normalized spacial score (nSPS) is 30.7. The zero-order valence-electron chi connectivity index (χ0n) is 13.4. The molecule has 9 heteroatoms. The van der Waals surface area contributed by atoms with E-state index in [1.807, 2.05) is 13.1 Å². The highest BCUT2D eigenvalue weighted by Crippen LogP contribution is 2.66. The molecule has 1 aromatic heterocycles. The summed E-state index contributed by atoms with van der Waals surface area (Å²) in [6.07, 6.45) is 2.53. The summed E-state index contributed by atoms with van der Waals surface area (Å²) < 4.78 is 30.9. The van der Waals surface area contributed by atoms with E-state index in [1.165, 1.54) is 17.8 Å². The molecular weight excluding hydrogens is 412 g/mol. The lowest BCUT2D eigenvalue weighted by atomic mass is 9.85. The lowest BCUT2D eigenvalue weighted by molar-refractivity contribution is 0.259. The predicted octanol–water partition coefficient (Wildman–Crippen LogP) is 3.17. The number of nitrogens with zero attached hydrogens (tertiary/aromatic N) is 4. The second-order valence-corrected chi connectivity index (χ2v) is 8.96. The second-order valence-electron chi connectivity index (χ2n) is 6.61. The van der Waals surface area contributed by atoms with Crippen molar-refractivity contribution < 1.29 is 8.78 Å². The van der Waals surface area contributed by atoms with Gasteiger partial charge in [0, 0.05) is 26.9 Å². The molecule has 0 saturated heterocycles. The molecule has 4 rings (SSSR count). The highest BCUT2D eigenvalue weighted by atomic mass is 79.9. The van der Waals surface area contributed by atoms with Crippen molar-refractivity contribution in [3.05, 3.63) is 45.9 Å². The highest BCUT2D eigenvalue weighted by molar-refractivity contribution is 9.10. The summed E-state index contributed by atoms with van der Waals surface area (Å²) in [5.74, 6) is -0.627. The van der Waals surface area contributed by atoms with E-state index in [4.69, 9.17) is 5.73 Å². The van der Waals surface area contributed by atoms with Gasteiger partial charge in [0.15, 0.2) is 5.17 Å². The van der Waals surface area contributed by atoms with Gasteiger partial charge in [-0.3, -0.25) is 4.68 Å². The molecule has 5 nitrogen and oxygen atoms in total. The molecular formula is C16H16BrF2N5S. The second kappa shape index (κ2) is 5.77. The van der Waals surface area contributed by atoms with Crippen molar-refractivity contribution in [3.8, 4) is 0 Å². The van der Waals surface area contributed by atoms with Gasteiger partial charge < -0.3 is 5.73 Å². The summed E-state index contributed by atoms with van der Waals surface area (Å²) in [6.45, 7) is 1.60. The Labute approximate surface area is 156 Å². The Kier molecular flexibility index (Phi) is 3.91. The van der Waals surface area contributed by atoms with Gasteiger partial charge in [-0.1, -0.05) is 32.9 Å². The van der Waals surface area contributed by atoms with Crippen LogP contribution in [-0.2, 0) is 12.1 Å². The van der Waals surface area contributed by atoms with Gasteiger partial charge in [0.1, 0.15) is 18.0 Å². The number of alkyl halides is 1. The van der Waals surface area contributed by atoms with Crippen molar-refractivity contribution in [2.75, 3.05) is 6.67 Å². The largest absolute Gasteiger partial charge is 0.378 e. The number of rotatable bonds is 4. The summed E-state index contributed by atoms with van der Waals surface area (Å²) in [6, 6.07) is 4.52. The minimum absolute atomic E-state index is 0.157. The van der Waals surface area contributed by atoms with Crippen molar-refractivity contribution in [2.45, 2.75) is 30.2 Å². The summed E-state index contributed by atoms with van der Waals surface area (Å²) in [4.78, 5) is 4.40. The number of amidine groups is 1. The molecule has 2 aromatic rings. The number of hydrogen-bond donors (Lipinski definition) is 1. The number of nitrogens with two attached hydrogens (primary N) is 1. The van der Waals surface area contributed by atoms with Crippen molar-refractivity contribution in [1.82, 2.24) is 15.0 Å². The molecule has 1 saturated carbocycles. The van der Waals surface area contributed by atoms with Crippen LogP contribution in [0.1, 0.15) is 17.7 Å². The minimum Gasteiger partial charge on any atom is -0.378 e. The van der Waals surface area contributed by atoms with Gasteiger partial charge in [0.2, 0.25) is 0 Å². The minimum atomic E-state index is -1.29.